The molecule has 0 fully saturated rings. The zero-order valence-electron chi connectivity index (χ0n) is 9.57. The number of hydrogen-bond donors (Lipinski definition) is 1. The zero-order chi connectivity index (χ0) is 11.7. The highest BCUT2D eigenvalue weighted by Crippen LogP contribution is 2.25. The summed E-state index contributed by atoms with van der Waals surface area (Å²) < 4.78 is 3.16. The summed E-state index contributed by atoms with van der Waals surface area (Å²) in [5.41, 5.74) is 9.03. The average molecular weight is 282 g/mol. The molecule has 0 unspecified atom stereocenters. The molecular weight excluding hydrogens is 266 g/mol. The zero-order valence-corrected chi connectivity index (χ0v) is 11.2. The second-order valence-corrected chi connectivity index (χ2v) is 5.04. The van der Waals surface area contributed by atoms with Crippen LogP contribution in [0.15, 0.2) is 22.8 Å². The maximum Gasteiger partial charge on any atom is 0.151 e. The molecule has 0 amide bonds. The van der Waals surface area contributed by atoms with Gasteiger partial charge in [0.2, 0.25) is 0 Å². The van der Waals surface area contributed by atoms with Gasteiger partial charge in [0.25, 0.3) is 0 Å². The van der Waals surface area contributed by atoms with Crippen molar-refractivity contribution in [2.24, 2.45) is 5.73 Å². The molecule has 0 bridgehead atoms. The highest BCUT2D eigenvalue weighted by Gasteiger charge is 2.15. The van der Waals surface area contributed by atoms with Gasteiger partial charge in [-0.05, 0) is 40.5 Å². The van der Waals surface area contributed by atoms with Gasteiger partial charge in [0.15, 0.2) is 5.65 Å². The molecule has 2 rings (SSSR count). The number of hydrogen-bond acceptors (Lipinski definition) is 2. The molecule has 4 heteroatoms. The summed E-state index contributed by atoms with van der Waals surface area (Å²) in [6, 6.07) is 4.03. The van der Waals surface area contributed by atoms with Crippen LogP contribution in [0, 0.1) is 0 Å². The first-order chi connectivity index (χ1) is 7.65. The lowest BCUT2D eigenvalue weighted by atomic mass is 10.1. The SMILES string of the molecule is CC(C)c1nc2c(Br)cccn2c1CCN. The Morgan fingerprint density at radius 3 is 2.88 bits per heavy atom. The van der Waals surface area contributed by atoms with E-state index in [1.165, 1.54) is 5.69 Å². The minimum absolute atomic E-state index is 0.424. The van der Waals surface area contributed by atoms with Crippen molar-refractivity contribution in [3.05, 3.63) is 34.2 Å². The summed E-state index contributed by atoms with van der Waals surface area (Å²) in [7, 11) is 0. The maximum atomic E-state index is 5.67. The van der Waals surface area contributed by atoms with Crippen LogP contribution in [0.3, 0.4) is 0 Å². The second kappa shape index (κ2) is 4.55. The van der Waals surface area contributed by atoms with Gasteiger partial charge >= 0.3 is 0 Å². The number of fused-ring (bicyclic) bond motifs is 1. The Morgan fingerprint density at radius 2 is 2.25 bits per heavy atom. The minimum atomic E-state index is 0.424. The first-order valence-electron chi connectivity index (χ1n) is 5.50. The third-order valence-corrected chi connectivity index (χ3v) is 3.28. The van der Waals surface area contributed by atoms with E-state index in [0.29, 0.717) is 12.5 Å². The van der Waals surface area contributed by atoms with Crippen LogP contribution < -0.4 is 5.73 Å². The van der Waals surface area contributed by atoms with E-state index in [9.17, 15) is 0 Å². The molecule has 0 aliphatic rings. The molecule has 16 heavy (non-hydrogen) atoms. The van der Waals surface area contributed by atoms with Crippen LogP contribution in [-0.4, -0.2) is 15.9 Å². The number of nitrogens with zero attached hydrogens (tertiary/aromatic N) is 2. The van der Waals surface area contributed by atoms with E-state index < -0.39 is 0 Å². The van der Waals surface area contributed by atoms with Gasteiger partial charge in [0.1, 0.15) is 0 Å². The summed E-state index contributed by atoms with van der Waals surface area (Å²) in [4.78, 5) is 4.69. The van der Waals surface area contributed by atoms with Gasteiger partial charge in [-0.3, -0.25) is 0 Å². The standard InChI is InChI=1S/C12H16BrN3/c1-8(2)11-10(5-6-14)16-7-3-4-9(13)12(16)15-11/h3-4,7-8H,5-6,14H2,1-2H3. The number of halogens is 1. The highest BCUT2D eigenvalue weighted by atomic mass is 79.9. The molecule has 0 aliphatic heterocycles. The first kappa shape index (κ1) is 11.6. The van der Waals surface area contributed by atoms with E-state index in [1.54, 1.807) is 0 Å². The molecule has 0 aliphatic carbocycles. The fourth-order valence-electron chi connectivity index (χ4n) is 1.95. The van der Waals surface area contributed by atoms with Crippen molar-refractivity contribution in [3.63, 3.8) is 0 Å². The number of rotatable bonds is 3. The molecule has 0 atom stereocenters. The van der Waals surface area contributed by atoms with Crippen LogP contribution in [0.2, 0.25) is 0 Å². The van der Waals surface area contributed by atoms with Crippen molar-refractivity contribution in [1.29, 1.82) is 0 Å². The van der Waals surface area contributed by atoms with Crippen LogP contribution in [0.4, 0.5) is 0 Å². The van der Waals surface area contributed by atoms with Crippen molar-refractivity contribution < 1.29 is 0 Å². The van der Waals surface area contributed by atoms with E-state index in [0.717, 1.165) is 22.2 Å². The second-order valence-electron chi connectivity index (χ2n) is 4.19. The predicted octanol–water partition coefficient (Wildman–Crippen LogP) is 2.72. The molecule has 0 saturated carbocycles. The van der Waals surface area contributed by atoms with E-state index in [4.69, 9.17) is 10.7 Å². The largest absolute Gasteiger partial charge is 0.330 e. The third-order valence-electron chi connectivity index (χ3n) is 2.66. The Kier molecular flexibility index (Phi) is 3.30. The Morgan fingerprint density at radius 1 is 1.50 bits per heavy atom. The summed E-state index contributed by atoms with van der Waals surface area (Å²) in [6.45, 7) is 4.98. The summed E-state index contributed by atoms with van der Waals surface area (Å²) in [6.07, 6.45) is 2.91. The predicted molar refractivity (Wildman–Crippen MR) is 69.7 cm³/mol. The lowest BCUT2D eigenvalue weighted by molar-refractivity contribution is 0.791. The quantitative estimate of drug-likeness (QED) is 0.940. The van der Waals surface area contributed by atoms with Crippen LogP contribution in [0.1, 0.15) is 31.2 Å². The Bertz CT molecular complexity index is 502. The Hall–Kier alpha value is -0.870. The van der Waals surface area contributed by atoms with Crippen molar-refractivity contribution in [2.75, 3.05) is 6.54 Å². The lowest BCUT2D eigenvalue weighted by Gasteiger charge is -2.05. The molecule has 3 nitrogen and oxygen atoms in total. The molecule has 0 saturated heterocycles. The van der Waals surface area contributed by atoms with Crippen molar-refractivity contribution in [1.82, 2.24) is 9.38 Å². The fourth-order valence-corrected chi connectivity index (χ4v) is 2.38. The lowest BCUT2D eigenvalue weighted by Crippen LogP contribution is -2.07. The minimum Gasteiger partial charge on any atom is -0.330 e. The molecule has 86 valence electrons. The third kappa shape index (κ3) is 1.87. The number of pyridine rings is 1. The summed E-state index contributed by atoms with van der Waals surface area (Å²) >= 11 is 3.53. The van der Waals surface area contributed by atoms with Crippen molar-refractivity contribution >= 4 is 21.6 Å². The normalized spacial score (nSPS) is 11.6. The number of nitrogens with two attached hydrogens (primary N) is 1. The van der Waals surface area contributed by atoms with Gasteiger partial charge in [-0.15, -0.1) is 0 Å². The molecule has 0 radical (unpaired) electrons. The highest BCUT2D eigenvalue weighted by molar-refractivity contribution is 9.10. The van der Waals surface area contributed by atoms with Gasteiger partial charge in [-0.1, -0.05) is 13.8 Å². The average Bonchev–Trinajstić information content (AvgIpc) is 2.60. The van der Waals surface area contributed by atoms with Crippen molar-refractivity contribution in [3.8, 4) is 0 Å². The molecule has 2 aromatic heterocycles. The molecular formula is C12H16BrN3. The van der Waals surface area contributed by atoms with Crippen molar-refractivity contribution in [2.45, 2.75) is 26.2 Å². The number of aromatic nitrogens is 2. The van der Waals surface area contributed by atoms with E-state index in [-0.39, 0.29) is 0 Å². The molecule has 2 heterocycles. The Labute approximate surface area is 104 Å². The maximum absolute atomic E-state index is 5.67. The number of imidazole rings is 1. The monoisotopic (exact) mass is 281 g/mol. The van der Waals surface area contributed by atoms with Gasteiger partial charge in [-0.25, -0.2) is 4.98 Å². The van der Waals surface area contributed by atoms with Crippen LogP contribution in [0.5, 0.6) is 0 Å². The van der Waals surface area contributed by atoms with Crippen LogP contribution >= 0.6 is 15.9 Å². The van der Waals surface area contributed by atoms with Crippen LogP contribution in [0.25, 0.3) is 5.65 Å². The first-order valence-corrected chi connectivity index (χ1v) is 6.30. The van der Waals surface area contributed by atoms with Gasteiger partial charge in [0.05, 0.1) is 10.2 Å². The Balaban J connectivity index is 2.70. The van der Waals surface area contributed by atoms with Crippen LogP contribution in [-0.2, 0) is 6.42 Å². The van der Waals surface area contributed by atoms with Gasteiger partial charge in [0, 0.05) is 18.3 Å². The summed E-state index contributed by atoms with van der Waals surface area (Å²) in [5, 5.41) is 0. The van der Waals surface area contributed by atoms with E-state index in [2.05, 4.69) is 34.2 Å². The smallest absolute Gasteiger partial charge is 0.151 e. The molecule has 2 N–H and O–H groups in total. The topological polar surface area (TPSA) is 43.3 Å². The van der Waals surface area contributed by atoms with E-state index >= 15 is 0 Å². The molecule has 2 aromatic rings. The summed E-state index contributed by atoms with van der Waals surface area (Å²) in [5.74, 6) is 0.424. The van der Waals surface area contributed by atoms with Gasteiger partial charge < -0.3 is 10.1 Å². The molecule has 0 spiro atoms. The fraction of sp³-hybridized carbons (Fsp3) is 0.417. The van der Waals surface area contributed by atoms with E-state index in [1.807, 2.05) is 18.3 Å². The molecule has 0 aromatic carbocycles. The van der Waals surface area contributed by atoms with Gasteiger partial charge in [-0.2, -0.15) is 0 Å².